The van der Waals surface area contributed by atoms with Crippen LogP contribution in [0, 0.1) is 6.92 Å². The minimum atomic E-state index is -0.564. The van der Waals surface area contributed by atoms with Gasteiger partial charge in [-0.25, -0.2) is 0 Å². The van der Waals surface area contributed by atoms with E-state index in [9.17, 15) is 9.59 Å². The number of benzene rings is 1. The van der Waals surface area contributed by atoms with Crippen LogP contribution in [0.2, 0.25) is 0 Å². The van der Waals surface area contributed by atoms with Crippen molar-refractivity contribution in [3.05, 3.63) is 63.6 Å². The highest BCUT2D eigenvalue weighted by atomic mass is 16.2. The average Bonchev–Trinajstić information content (AvgIpc) is 2.66. The molecular formula is C21H27N3O2. The fourth-order valence-corrected chi connectivity index (χ4v) is 3.85. The highest BCUT2D eigenvalue weighted by Crippen LogP contribution is 2.33. The number of rotatable bonds is 4. The Bertz CT molecular complexity index is 821. The van der Waals surface area contributed by atoms with Crippen molar-refractivity contribution in [1.29, 1.82) is 0 Å². The summed E-state index contributed by atoms with van der Waals surface area (Å²) in [7, 11) is 0. The summed E-state index contributed by atoms with van der Waals surface area (Å²) >= 11 is 0. The molecule has 138 valence electrons. The third-order valence-electron chi connectivity index (χ3n) is 5.55. The minimum absolute atomic E-state index is 0.129. The Morgan fingerprint density at radius 3 is 2.50 bits per heavy atom. The molecule has 1 aromatic heterocycles. The van der Waals surface area contributed by atoms with Gasteiger partial charge in [-0.1, -0.05) is 30.3 Å². The molecular weight excluding hydrogens is 326 g/mol. The molecule has 1 aliphatic carbocycles. The zero-order valence-corrected chi connectivity index (χ0v) is 15.4. The molecule has 3 rings (SSSR count). The van der Waals surface area contributed by atoms with Crippen molar-refractivity contribution < 1.29 is 4.79 Å². The molecule has 1 aliphatic rings. The van der Waals surface area contributed by atoms with Gasteiger partial charge in [0, 0.05) is 17.9 Å². The van der Waals surface area contributed by atoms with Crippen molar-refractivity contribution in [2.45, 2.75) is 57.4 Å². The van der Waals surface area contributed by atoms with Crippen molar-refractivity contribution in [3.63, 3.8) is 0 Å². The summed E-state index contributed by atoms with van der Waals surface area (Å²) in [5, 5.41) is 3.12. The number of amides is 1. The smallest absolute Gasteiger partial charge is 0.254 e. The summed E-state index contributed by atoms with van der Waals surface area (Å²) < 4.78 is 0. The van der Waals surface area contributed by atoms with Crippen molar-refractivity contribution in [2.75, 3.05) is 5.73 Å². The average molecular weight is 353 g/mol. The summed E-state index contributed by atoms with van der Waals surface area (Å²) in [6, 6.07) is 10.7. The lowest BCUT2D eigenvalue weighted by atomic mass is 9.81. The maximum atomic E-state index is 12.7. The quantitative estimate of drug-likeness (QED) is 0.788. The van der Waals surface area contributed by atoms with Crippen LogP contribution in [-0.4, -0.2) is 16.9 Å². The van der Waals surface area contributed by atoms with Crippen LogP contribution in [-0.2, 0) is 4.79 Å². The van der Waals surface area contributed by atoms with Crippen LogP contribution in [0.3, 0.4) is 0 Å². The van der Waals surface area contributed by atoms with E-state index in [1.165, 1.54) is 5.56 Å². The highest BCUT2D eigenvalue weighted by molar-refractivity contribution is 5.85. The van der Waals surface area contributed by atoms with E-state index in [0.29, 0.717) is 17.2 Å². The normalized spacial score (nSPS) is 21.2. The lowest BCUT2D eigenvalue weighted by molar-refractivity contribution is -0.123. The van der Waals surface area contributed by atoms with E-state index < -0.39 is 5.92 Å². The van der Waals surface area contributed by atoms with Crippen LogP contribution in [0.1, 0.15) is 61.1 Å². The van der Waals surface area contributed by atoms with Crippen LogP contribution >= 0.6 is 0 Å². The van der Waals surface area contributed by atoms with Gasteiger partial charge in [0.1, 0.15) is 0 Å². The third kappa shape index (κ3) is 3.82. The number of hydrogen-bond donors (Lipinski definition) is 3. The van der Waals surface area contributed by atoms with Gasteiger partial charge in [0.2, 0.25) is 5.91 Å². The number of carbonyl (C=O) groups excluding carboxylic acids is 1. The molecule has 5 nitrogen and oxygen atoms in total. The second-order valence-electron chi connectivity index (χ2n) is 7.32. The molecule has 0 aliphatic heterocycles. The molecule has 26 heavy (non-hydrogen) atoms. The predicted molar refractivity (Wildman–Crippen MR) is 104 cm³/mol. The molecule has 1 amide bonds. The zero-order valence-electron chi connectivity index (χ0n) is 15.4. The van der Waals surface area contributed by atoms with Gasteiger partial charge in [-0.15, -0.1) is 0 Å². The van der Waals surface area contributed by atoms with Gasteiger partial charge in [-0.2, -0.15) is 0 Å². The van der Waals surface area contributed by atoms with Crippen molar-refractivity contribution in [2.24, 2.45) is 0 Å². The standard InChI is InChI=1S/C21H27N3O2/c1-13-12-23-21(26)18(19(13)22)14(2)20(25)24-17-10-8-16(9-11-17)15-6-4-3-5-7-15/h3-7,12,14,16-17H,8-11H2,1-2H3,(H,24,25)(H3,22,23,26)/t14?,16-,17-. The van der Waals surface area contributed by atoms with Crippen LogP contribution in [0.15, 0.2) is 41.3 Å². The largest absolute Gasteiger partial charge is 0.398 e. The van der Waals surface area contributed by atoms with Gasteiger partial charge in [-0.3, -0.25) is 9.59 Å². The lowest BCUT2D eigenvalue weighted by Crippen LogP contribution is -2.40. The maximum absolute atomic E-state index is 12.7. The molecule has 0 spiro atoms. The number of hydrogen-bond acceptors (Lipinski definition) is 3. The fraction of sp³-hybridized carbons (Fsp3) is 0.429. The SMILES string of the molecule is Cc1c[nH]c(=O)c(C(C)C(=O)N[C@H]2CC[C@H](c3ccccc3)CC2)c1N. The molecule has 1 aromatic carbocycles. The predicted octanol–water partition coefficient (Wildman–Crippen LogP) is 3.21. The van der Waals surface area contributed by atoms with E-state index in [0.717, 1.165) is 31.2 Å². The molecule has 1 heterocycles. The molecule has 2 aromatic rings. The van der Waals surface area contributed by atoms with Gasteiger partial charge in [0.05, 0.1) is 11.5 Å². The van der Waals surface area contributed by atoms with Crippen LogP contribution in [0.25, 0.3) is 0 Å². The molecule has 1 saturated carbocycles. The minimum Gasteiger partial charge on any atom is -0.398 e. The first-order chi connectivity index (χ1) is 12.5. The van der Waals surface area contributed by atoms with Crippen LogP contribution in [0.4, 0.5) is 5.69 Å². The Kier molecular flexibility index (Phi) is 5.45. The van der Waals surface area contributed by atoms with Gasteiger partial charge in [0.15, 0.2) is 0 Å². The Labute approximate surface area is 154 Å². The molecule has 0 radical (unpaired) electrons. The van der Waals surface area contributed by atoms with Crippen molar-refractivity contribution >= 4 is 11.6 Å². The van der Waals surface area contributed by atoms with Gasteiger partial charge < -0.3 is 16.0 Å². The molecule has 1 atom stereocenters. The number of anilines is 1. The second-order valence-corrected chi connectivity index (χ2v) is 7.32. The Morgan fingerprint density at radius 2 is 1.85 bits per heavy atom. The number of aromatic amines is 1. The molecule has 1 fully saturated rings. The van der Waals surface area contributed by atoms with E-state index in [1.807, 2.05) is 13.0 Å². The summed E-state index contributed by atoms with van der Waals surface area (Å²) in [6.45, 7) is 3.57. The summed E-state index contributed by atoms with van der Waals surface area (Å²) in [4.78, 5) is 27.4. The molecule has 0 saturated heterocycles. The van der Waals surface area contributed by atoms with Crippen LogP contribution in [0.5, 0.6) is 0 Å². The Hall–Kier alpha value is -2.56. The number of nitrogens with two attached hydrogens (primary N) is 1. The number of carbonyl (C=O) groups is 1. The lowest BCUT2D eigenvalue weighted by Gasteiger charge is -2.30. The molecule has 1 unspecified atom stereocenters. The fourth-order valence-electron chi connectivity index (χ4n) is 3.85. The van der Waals surface area contributed by atoms with E-state index in [2.05, 4.69) is 34.6 Å². The van der Waals surface area contributed by atoms with Crippen molar-refractivity contribution in [1.82, 2.24) is 10.3 Å². The van der Waals surface area contributed by atoms with E-state index in [1.54, 1.807) is 13.1 Å². The third-order valence-corrected chi connectivity index (χ3v) is 5.55. The number of nitrogen functional groups attached to an aromatic ring is 1. The topological polar surface area (TPSA) is 88.0 Å². The number of H-pyrrole nitrogens is 1. The highest BCUT2D eigenvalue weighted by Gasteiger charge is 2.27. The maximum Gasteiger partial charge on any atom is 0.254 e. The number of nitrogens with one attached hydrogen (secondary N) is 2. The number of pyridine rings is 1. The van der Waals surface area contributed by atoms with E-state index in [-0.39, 0.29) is 17.5 Å². The van der Waals surface area contributed by atoms with Gasteiger partial charge in [-0.05, 0) is 56.6 Å². The Balaban J connectivity index is 1.61. The number of aromatic nitrogens is 1. The van der Waals surface area contributed by atoms with E-state index >= 15 is 0 Å². The summed E-state index contributed by atoms with van der Waals surface area (Å²) in [6.07, 6.45) is 5.62. The first-order valence-electron chi connectivity index (χ1n) is 9.30. The molecule has 4 N–H and O–H groups in total. The number of aryl methyl sites for hydroxylation is 1. The zero-order chi connectivity index (χ0) is 18.7. The summed E-state index contributed by atoms with van der Waals surface area (Å²) in [5.41, 5.74) is 8.68. The summed E-state index contributed by atoms with van der Waals surface area (Å²) in [5.74, 6) is -0.126. The van der Waals surface area contributed by atoms with Crippen molar-refractivity contribution in [3.8, 4) is 0 Å². The van der Waals surface area contributed by atoms with E-state index in [4.69, 9.17) is 5.73 Å². The first kappa shape index (κ1) is 18.2. The first-order valence-corrected chi connectivity index (χ1v) is 9.30. The van der Waals surface area contributed by atoms with Gasteiger partial charge >= 0.3 is 0 Å². The van der Waals surface area contributed by atoms with Gasteiger partial charge in [0.25, 0.3) is 5.56 Å². The van der Waals surface area contributed by atoms with Crippen LogP contribution < -0.4 is 16.6 Å². The monoisotopic (exact) mass is 353 g/mol. The Morgan fingerprint density at radius 1 is 1.19 bits per heavy atom. The molecule has 5 heteroatoms. The molecule has 0 bridgehead atoms. The second kappa shape index (κ2) is 7.77.